The van der Waals surface area contributed by atoms with Crippen molar-refractivity contribution in [3.8, 4) is 0 Å². The molecular formula is C33H37BrN6. The van der Waals surface area contributed by atoms with Crippen molar-refractivity contribution in [2.45, 2.75) is 65.3 Å². The lowest BCUT2D eigenvalue weighted by atomic mass is 9.90. The molecule has 0 amide bonds. The minimum absolute atomic E-state index is 0. The fourth-order valence-corrected chi connectivity index (χ4v) is 5.84. The highest BCUT2D eigenvalue weighted by Gasteiger charge is 2.28. The number of benzene rings is 2. The zero-order valence-electron chi connectivity index (χ0n) is 23.2. The second kappa shape index (κ2) is 12.9. The SMILES string of the molecule is Br.Cc1cc(C)nc(CNCc2ccc(CN(Cc3nc4ccccc4[nH]3)C3CCCc4cccnc43)cc2)c1. The van der Waals surface area contributed by atoms with Gasteiger partial charge >= 0.3 is 0 Å². The van der Waals surface area contributed by atoms with Crippen molar-refractivity contribution >= 4 is 28.0 Å². The standard InChI is InChI=1S/C33H36N6.BrH/c1-23-17-24(2)36-28(18-23)20-34-19-25-12-14-26(15-13-25)21-39(22-32-37-29-9-3-4-10-30(29)38-32)31-11-5-7-27-8-6-16-35-33(27)31;/h3-4,6,8-10,12-18,31,34H,5,7,11,19-22H2,1-2H3,(H,37,38);1H. The van der Waals surface area contributed by atoms with Crippen LogP contribution < -0.4 is 5.32 Å². The zero-order valence-corrected chi connectivity index (χ0v) is 24.9. The van der Waals surface area contributed by atoms with Crippen molar-refractivity contribution in [1.82, 2.24) is 30.2 Å². The van der Waals surface area contributed by atoms with E-state index >= 15 is 0 Å². The molecule has 0 saturated carbocycles. The Morgan fingerprint density at radius 2 is 1.73 bits per heavy atom. The number of aromatic nitrogens is 4. The quantitative estimate of drug-likeness (QED) is 0.193. The molecule has 0 aliphatic heterocycles. The molecule has 206 valence electrons. The Bertz CT molecular complexity index is 1510. The van der Waals surface area contributed by atoms with Gasteiger partial charge in [0.2, 0.25) is 0 Å². The minimum atomic E-state index is 0. The molecule has 0 bridgehead atoms. The van der Waals surface area contributed by atoms with Crippen molar-refractivity contribution in [1.29, 1.82) is 0 Å². The van der Waals surface area contributed by atoms with Crippen molar-refractivity contribution < 1.29 is 0 Å². The van der Waals surface area contributed by atoms with Crippen LogP contribution in [0.5, 0.6) is 0 Å². The van der Waals surface area contributed by atoms with Gasteiger partial charge in [-0.25, -0.2) is 4.98 Å². The van der Waals surface area contributed by atoms with Crippen LogP contribution in [0.2, 0.25) is 0 Å². The van der Waals surface area contributed by atoms with Crippen LogP contribution in [0.3, 0.4) is 0 Å². The number of halogens is 1. The summed E-state index contributed by atoms with van der Waals surface area (Å²) in [6.45, 7) is 7.35. The maximum absolute atomic E-state index is 4.90. The fraction of sp³-hybridized carbons (Fsp3) is 0.303. The Kier molecular flexibility index (Phi) is 9.04. The van der Waals surface area contributed by atoms with Crippen molar-refractivity contribution in [2.24, 2.45) is 0 Å². The Hall–Kier alpha value is -3.39. The summed E-state index contributed by atoms with van der Waals surface area (Å²) in [5, 5.41) is 3.55. The minimum Gasteiger partial charge on any atom is -0.341 e. The van der Waals surface area contributed by atoms with E-state index in [1.807, 2.05) is 12.3 Å². The van der Waals surface area contributed by atoms with E-state index < -0.39 is 0 Å². The molecule has 7 heteroatoms. The number of hydrogen-bond acceptors (Lipinski definition) is 5. The van der Waals surface area contributed by atoms with E-state index in [1.54, 1.807) is 0 Å². The van der Waals surface area contributed by atoms with E-state index in [4.69, 9.17) is 9.97 Å². The Balaban J connectivity index is 0.00000323. The average molecular weight is 598 g/mol. The highest BCUT2D eigenvalue weighted by atomic mass is 79.9. The van der Waals surface area contributed by atoms with Crippen LogP contribution in [-0.4, -0.2) is 24.8 Å². The third-order valence-corrected chi connectivity index (χ3v) is 7.59. The van der Waals surface area contributed by atoms with Gasteiger partial charge < -0.3 is 10.3 Å². The summed E-state index contributed by atoms with van der Waals surface area (Å²) in [4.78, 5) is 20.5. The second-order valence-electron chi connectivity index (χ2n) is 10.8. The summed E-state index contributed by atoms with van der Waals surface area (Å²) < 4.78 is 0. The molecular weight excluding hydrogens is 560 g/mol. The molecule has 0 saturated heterocycles. The summed E-state index contributed by atoms with van der Waals surface area (Å²) in [7, 11) is 0. The van der Waals surface area contributed by atoms with Gasteiger partial charge in [0.25, 0.3) is 0 Å². The number of aromatic amines is 1. The Labute approximate surface area is 247 Å². The van der Waals surface area contributed by atoms with Crippen LogP contribution in [-0.2, 0) is 32.6 Å². The van der Waals surface area contributed by atoms with E-state index in [-0.39, 0.29) is 23.0 Å². The highest BCUT2D eigenvalue weighted by Crippen LogP contribution is 2.34. The molecule has 2 aromatic carbocycles. The summed E-state index contributed by atoms with van der Waals surface area (Å²) in [5.41, 5.74) is 10.7. The van der Waals surface area contributed by atoms with Gasteiger partial charge in [0.05, 0.1) is 35.0 Å². The predicted molar refractivity (Wildman–Crippen MR) is 166 cm³/mol. The Morgan fingerprint density at radius 3 is 2.55 bits per heavy atom. The molecule has 2 N–H and O–H groups in total. The first kappa shape index (κ1) is 28.1. The molecule has 1 aliphatic rings. The third-order valence-electron chi connectivity index (χ3n) is 7.59. The normalized spacial score (nSPS) is 14.7. The predicted octanol–water partition coefficient (Wildman–Crippen LogP) is 6.92. The molecule has 1 atom stereocenters. The molecule has 0 fully saturated rings. The average Bonchev–Trinajstić information content (AvgIpc) is 3.35. The summed E-state index contributed by atoms with van der Waals surface area (Å²) >= 11 is 0. The van der Waals surface area contributed by atoms with Crippen molar-refractivity contribution in [2.75, 3.05) is 0 Å². The number of pyridine rings is 2. The molecule has 1 unspecified atom stereocenters. The smallest absolute Gasteiger partial charge is 0.121 e. The zero-order chi connectivity index (χ0) is 26.6. The van der Waals surface area contributed by atoms with E-state index in [2.05, 4.69) is 101 Å². The number of nitrogens with one attached hydrogen (secondary N) is 2. The van der Waals surface area contributed by atoms with Gasteiger partial charge in [0.15, 0.2) is 0 Å². The number of hydrogen-bond donors (Lipinski definition) is 2. The number of para-hydroxylation sites is 2. The molecule has 1 aliphatic carbocycles. The van der Waals surface area contributed by atoms with Gasteiger partial charge in [-0.3, -0.25) is 14.9 Å². The first-order valence-electron chi connectivity index (χ1n) is 13.9. The first-order chi connectivity index (χ1) is 19.1. The molecule has 0 spiro atoms. The number of aryl methyl sites for hydroxylation is 3. The largest absolute Gasteiger partial charge is 0.341 e. The summed E-state index contributed by atoms with van der Waals surface area (Å²) in [5.74, 6) is 1.00. The highest BCUT2D eigenvalue weighted by molar-refractivity contribution is 8.93. The van der Waals surface area contributed by atoms with Gasteiger partial charge in [-0.2, -0.15) is 0 Å². The van der Waals surface area contributed by atoms with Gasteiger partial charge in [0, 0.05) is 31.5 Å². The molecule has 40 heavy (non-hydrogen) atoms. The van der Waals surface area contributed by atoms with Crippen LogP contribution in [0.15, 0.2) is 79.0 Å². The van der Waals surface area contributed by atoms with E-state index in [0.717, 1.165) is 67.3 Å². The number of rotatable bonds is 9. The summed E-state index contributed by atoms with van der Waals surface area (Å²) in [6.07, 6.45) is 5.34. The van der Waals surface area contributed by atoms with E-state index in [9.17, 15) is 0 Å². The van der Waals surface area contributed by atoms with Crippen molar-refractivity contribution in [3.63, 3.8) is 0 Å². The molecule has 3 aromatic heterocycles. The molecule has 6 nitrogen and oxygen atoms in total. The lowest BCUT2D eigenvalue weighted by Gasteiger charge is -2.34. The lowest BCUT2D eigenvalue weighted by Crippen LogP contribution is -2.31. The van der Waals surface area contributed by atoms with E-state index in [0.29, 0.717) is 0 Å². The van der Waals surface area contributed by atoms with Gasteiger partial charge in [-0.05, 0) is 85.7 Å². The molecule has 0 radical (unpaired) electrons. The van der Waals surface area contributed by atoms with Gasteiger partial charge in [-0.1, -0.05) is 42.5 Å². The first-order valence-corrected chi connectivity index (χ1v) is 13.9. The van der Waals surface area contributed by atoms with Crippen molar-refractivity contribution in [3.05, 3.63) is 124 Å². The maximum Gasteiger partial charge on any atom is 0.121 e. The third kappa shape index (κ3) is 6.66. The number of imidazole rings is 1. The van der Waals surface area contributed by atoms with E-state index in [1.165, 1.54) is 34.4 Å². The van der Waals surface area contributed by atoms with Crippen LogP contribution in [0.25, 0.3) is 11.0 Å². The second-order valence-corrected chi connectivity index (χ2v) is 10.8. The number of nitrogens with zero attached hydrogens (tertiary/aromatic N) is 4. The summed E-state index contributed by atoms with van der Waals surface area (Å²) in [6, 6.07) is 26.1. The lowest BCUT2D eigenvalue weighted by molar-refractivity contribution is 0.153. The van der Waals surface area contributed by atoms with Crippen LogP contribution in [0.4, 0.5) is 0 Å². The topological polar surface area (TPSA) is 69.7 Å². The van der Waals surface area contributed by atoms with Crippen LogP contribution >= 0.6 is 17.0 Å². The molecule has 6 rings (SSSR count). The van der Waals surface area contributed by atoms with Crippen LogP contribution in [0.1, 0.15) is 64.0 Å². The number of H-pyrrole nitrogens is 1. The molecule has 3 heterocycles. The number of fused-ring (bicyclic) bond motifs is 2. The van der Waals surface area contributed by atoms with Gasteiger partial charge in [0.1, 0.15) is 5.82 Å². The molecule has 5 aromatic rings. The monoisotopic (exact) mass is 596 g/mol. The Morgan fingerprint density at radius 1 is 0.900 bits per heavy atom. The fourth-order valence-electron chi connectivity index (χ4n) is 5.84. The van der Waals surface area contributed by atoms with Gasteiger partial charge in [-0.15, -0.1) is 17.0 Å². The maximum atomic E-state index is 4.90. The van der Waals surface area contributed by atoms with Crippen LogP contribution in [0, 0.1) is 13.8 Å².